The van der Waals surface area contributed by atoms with Crippen LogP contribution in [-0.4, -0.2) is 0 Å². The van der Waals surface area contributed by atoms with Gasteiger partial charge in [0.05, 0.1) is 0 Å². The maximum atomic E-state index is 2.44. The fourth-order valence-electron chi connectivity index (χ4n) is 3.22. The van der Waals surface area contributed by atoms with Crippen molar-refractivity contribution in [2.75, 3.05) is 0 Å². The summed E-state index contributed by atoms with van der Waals surface area (Å²) in [5, 5.41) is 0. The van der Waals surface area contributed by atoms with Crippen LogP contribution < -0.4 is 0 Å². The van der Waals surface area contributed by atoms with Crippen molar-refractivity contribution in [3.63, 3.8) is 0 Å². The third kappa shape index (κ3) is 2.74. The number of rotatable bonds is 2. The molecule has 0 aromatic rings. The van der Waals surface area contributed by atoms with E-state index in [0.29, 0.717) is 5.41 Å². The molecule has 14 heavy (non-hydrogen) atoms. The van der Waals surface area contributed by atoms with Crippen molar-refractivity contribution in [1.29, 1.82) is 0 Å². The maximum Gasteiger partial charge on any atom is -0.0351 e. The predicted molar refractivity (Wildman–Crippen MR) is 64.3 cm³/mol. The van der Waals surface area contributed by atoms with Gasteiger partial charge in [0.25, 0.3) is 0 Å². The predicted octanol–water partition coefficient (Wildman–Crippen LogP) is 4.74. The normalized spacial score (nSPS) is 32.6. The lowest BCUT2D eigenvalue weighted by Crippen LogP contribution is -2.35. The first-order valence-corrected chi connectivity index (χ1v) is 6.33. The molecule has 0 aromatic heterocycles. The summed E-state index contributed by atoms with van der Waals surface area (Å²) < 4.78 is 0. The van der Waals surface area contributed by atoms with Gasteiger partial charge in [0.2, 0.25) is 0 Å². The summed E-state index contributed by atoms with van der Waals surface area (Å²) >= 11 is 0. The molecular formula is C14H28. The Balaban J connectivity index is 2.71. The Kier molecular flexibility index (Phi) is 3.66. The van der Waals surface area contributed by atoms with Crippen LogP contribution in [0.5, 0.6) is 0 Å². The maximum absolute atomic E-state index is 2.44. The molecular weight excluding hydrogens is 168 g/mol. The van der Waals surface area contributed by atoms with Gasteiger partial charge in [-0.1, -0.05) is 41.5 Å². The van der Waals surface area contributed by atoms with Gasteiger partial charge in [-0.25, -0.2) is 0 Å². The van der Waals surface area contributed by atoms with E-state index in [1.807, 2.05) is 0 Å². The average Bonchev–Trinajstić information content (AvgIpc) is 2.01. The average molecular weight is 196 g/mol. The molecule has 2 atom stereocenters. The van der Waals surface area contributed by atoms with E-state index in [2.05, 4.69) is 41.5 Å². The fraction of sp³-hybridized carbons (Fsp3) is 1.00. The minimum absolute atomic E-state index is 0.598. The standard InChI is InChI=1S/C14H28/c1-10(2)12-7-8-14(5,6)9-13(12)11(3)4/h10-13H,7-9H2,1-6H3. The Morgan fingerprint density at radius 3 is 1.86 bits per heavy atom. The monoisotopic (exact) mass is 196 g/mol. The second kappa shape index (κ2) is 4.24. The van der Waals surface area contributed by atoms with E-state index in [4.69, 9.17) is 0 Å². The highest BCUT2D eigenvalue weighted by molar-refractivity contribution is 4.87. The highest BCUT2D eigenvalue weighted by atomic mass is 14.4. The molecule has 0 aromatic carbocycles. The molecule has 0 heteroatoms. The van der Waals surface area contributed by atoms with E-state index in [1.54, 1.807) is 0 Å². The lowest BCUT2D eigenvalue weighted by molar-refractivity contribution is 0.0588. The molecule has 0 spiro atoms. The Bertz CT molecular complexity index is 176. The number of hydrogen-bond acceptors (Lipinski definition) is 0. The molecule has 2 unspecified atom stereocenters. The minimum atomic E-state index is 0.598. The van der Waals surface area contributed by atoms with Gasteiger partial charge in [-0.05, 0) is 48.3 Å². The van der Waals surface area contributed by atoms with Crippen molar-refractivity contribution in [2.45, 2.75) is 60.8 Å². The topological polar surface area (TPSA) is 0 Å². The van der Waals surface area contributed by atoms with E-state index in [-0.39, 0.29) is 0 Å². The molecule has 0 nitrogen and oxygen atoms in total. The van der Waals surface area contributed by atoms with Gasteiger partial charge in [-0.3, -0.25) is 0 Å². The van der Waals surface area contributed by atoms with Gasteiger partial charge in [0, 0.05) is 0 Å². The molecule has 1 aliphatic rings. The third-order valence-corrected chi connectivity index (χ3v) is 4.21. The van der Waals surface area contributed by atoms with Gasteiger partial charge >= 0.3 is 0 Å². The second-order valence-electron chi connectivity index (χ2n) is 6.72. The molecule has 1 rings (SSSR count). The molecule has 1 aliphatic carbocycles. The second-order valence-corrected chi connectivity index (χ2v) is 6.72. The van der Waals surface area contributed by atoms with Gasteiger partial charge < -0.3 is 0 Å². The van der Waals surface area contributed by atoms with Crippen molar-refractivity contribution >= 4 is 0 Å². The van der Waals surface area contributed by atoms with Crippen LogP contribution in [0.3, 0.4) is 0 Å². The summed E-state index contributed by atoms with van der Waals surface area (Å²) in [4.78, 5) is 0. The first kappa shape index (κ1) is 12.1. The first-order chi connectivity index (χ1) is 6.33. The van der Waals surface area contributed by atoms with Gasteiger partial charge in [-0.2, -0.15) is 0 Å². The van der Waals surface area contributed by atoms with E-state index >= 15 is 0 Å². The van der Waals surface area contributed by atoms with Crippen molar-refractivity contribution in [3.05, 3.63) is 0 Å². The molecule has 0 heterocycles. The van der Waals surface area contributed by atoms with Crippen LogP contribution in [0.15, 0.2) is 0 Å². The van der Waals surface area contributed by atoms with E-state index in [1.165, 1.54) is 19.3 Å². The summed E-state index contributed by atoms with van der Waals surface area (Å²) in [5.41, 5.74) is 0.598. The van der Waals surface area contributed by atoms with Crippen LogP contribution >= 0.6 is 0 Å². The van der Waals surface area contributed by atoms with Crippen LogP contribution in [0.1, 0.15) is 60.8 Å². The van der Waals surface area contributed by atoms with Gasteiger partial charge in [0.15, 0.2) is 0 Å². The molecule has 0 bridgehead atoms. The summed E-state index contributed by atoms with van der Waals surface area (Å²) in [6, 6.07) is 0. The highest BCUT2D eigenvalue weighted by Gasteiger charge is 2.37. The molecule has 0 saturated heterocycles. The smallest absolute Gasteiger partial charge is 0.0351 e. The Morgan fingerprint density at radius 1 is 0.929 bits per heavy atom. The number of hydrogen-bond donors (Lipinski definition) is 0. The Hall–Kier alpha value is 0. The molecule has 1 saturated carbocycles. The molecule has 0 amide bonds. The lowest BCUT2D eigenvalue weighted by atomic mass is 9.61. The molecule has 0 radical (unpaired) electrons. The summed E-state index contributed by atoms with van der Waals surface area (Å²) in [6.07, 6.45) is 4.32. The Morgan fingerprint density at radius 2 is 1.43 bits per heavy atom. The fourth-order valence-corrected chi connectivity index (χ4v) is 3.22. The zero-order chi connectivity index (χ0) is 10.9. The SMILES string of the molecule is CC(C)C1CCC(C)(C)CC1C(C)C. The highest BCUT2D eigenvalue weighted by Crippen LogP contribution is 2.47. The van der Waals surface area contributed by atoms with Crippen molar-refractivity contribution in [2.24, 2.45) is 29.1 Å². The molecule has 0 aliphatic heterocycles. The van der Waals surface area contributed by atoms with Crippen molar-refractivity contribution < 1.29 is 0 Å². The van der Waals surface area contributed by atoms with E-state index in [0.717, 1.165) is 23.7 Å². The third-order valence-electron chi connectivity index (χ3n) is 4.21. The van der Waals surface area contributed by atoms with Crippen molar-refractivity contribution in [3.8, 4) is 0 Å². The van der Waals surface area contributed by atoms with Crippen molar-refractivity contribution in [1.82, 2.24) is 0 Å². The van der Waals surface area contributed by atoms with E-state index in [9.17, 15) is 0 Å². The summed E-state index contributed by atoms with van der Waals surface area (Å²) in [6.45, 7) is 14.5. The van der Waals surface area contributed by atoms with Crippen LogP contribution in [-0.2, 0) is 0 Å². The van der Waals surface area contributed by atoms with Crippen LogP contribution in [0.25, 0.3) is 0 Å². The van der Waals surface area contributed by atoms with Gasteiger partial charge in [-0.15, -0.1) is 0 Å². The molecule has 84 valence electrons. The zero-order valence-electron chi connectivity index (χ0n) is 10.9. The van der Waals surface area contributed by atoms with E-state index < -0.39 is 0 Å². The van der Waals surface area contributed by atoms with Gasteiger partial charge in [0.1, 0.15) is 0 Å². The van der Waals surface area contributed by atoms with Crippen LogP contribution in [0.4, 0.5) is 0 Å². The minimum Gasteiger partial charge on any atom is -0.0625 e. The van der Waals surface area contributed by atoms with Crippen LogP contribution in [0.2, 0.25) is 0 Å². The summed E-state index contributed by atoms with van der Waals surface area (Å²) in [7, 11) is 0. The Labute approximate surface area is 90.5 Å². The van der Waals surface area contributed by atoms with Crippen LogP contribution in [0, 0.1) is 29.1 Å². The summed E-state index contributed by atoms with van der Waals surface area (Å²) in [5.74, 6) is 3.67. The molecule has 1 fully saturated rings. The largest absolute Gasteiger partial charge is 0.0625 e. The quantitative estimate of drug-likeness (QED) is 0.598. The molecule has 0 N–H and O–H groups in total. The lowest BCUT2D eigenvalue weighted by Gasteiger charge is -2.44. The first-order valence-electron chi connectivity index (χ1n) is 6.33. The zero-order valence-corrected chi connectivity index (χ0v) is 10.9.